The van der Waals surface area contributed by atoms with Crippen molar-refractivity contribution in [2.75, 3.05) is 40.9 Å². The summed E-state index contributed by atoms with van der Waals surface area (Å²) in [7, 11) is 1.27. The van der Waals surface area contributed by atoms with Gasteiger partial charge in [0, 0.05) is 6.42 Å². The van der Waals surface area contributed by atoms with Gasteiger partial charge in [-0.25, -0.2) is 0 Å². The monoisotopic (exact) mass is 953 g/mol. The van der Waals surface area contributed by atoms with Crippen LogP contribution in [0.15, 0.2) is 24.3 Å². The quantitative estimate of drug-likeness (QED) is 0.0272. The zero-order chi connectivity index (χ0) is 48.5. The van der Waals surface area contributed by atoms with Crippen molar-refractivity contribution < 1.29 is 32.9 Å². The number of likely N-dealkylation sites (N-methyl/N-ethyl adjacent to an activating group) is 1. The van der Waals surface area contributed by atoms with Crippen molar-refractivity contribution in [3.63, 3.8) is 0 Å². The third-order valence-electron chi connectivity index (χ3n) is 13.2. The number of unbranched alkanes of at least 4 members (excludes halogenated alkanes) is 38. The number of aliphatic hydroxyl groups excluding tert-OH is 1. The Morgan fingerprint density at radius 3 is 1.18 bits per heavy atom. The third kappa shape index (κ3) is 50.8. The summed E-state index contributed by atoms with van der Waals surface area (Å²) >= 11 is 0. The summed E-state index contributed by atoms with van der Waals surface area (Å²) in [4.78, 5) is 25.5. The van der Waals surface area contributed by atoms with E-state index in [2.05, 4.69) is 31.3 Å². The first kappa shape index (κ1) is 65.0. The highest BCUT2D eigenvalue weighted by Gasteiger charge is 2.23. The van der Waals surface area contributed by atoms with Gasteiger partial charge in [0.05, 0.1) is 39.9 Å². The van der Waals surface area contributed by atoms with Gasteiger partial charge in [-0.15, -0.1) is 0 Å². The number of nitrogens with zero attached hydrogens (tertiary/aromatic N) is 1. The Morgan fingerprint density at radius 1 is 0.515 bits per heavy atom. The van der Waals surface area contributed by atoms with E-state index in [1.165, 1.54) is 225 Å². The number of phosphoric ester groups is 1. The molecule has 0 radical (unpaired) electrons. The smallest absolute Gasteiger partial charge is 0.268 e. The molecule has 3 atom stereocenters. The zero-order valence-corrected chi connectivity index (χ0v) is 45.6. The van der Waals surface area contributed by atoms with Crippen molar-refractivity contribution in [1.29, 1.82) is 0 Å². The Kier molecular flexibility index (Phi) is 48.2. The third-order valence-corrected chi connectivity index (χ3v) is 14.1. The fraction of sp³-hybridized carbons (Fsp3) is 0.912. The number of rotatable bonds is 53. The van der Waals surface area contributed by atoms with Gasteiger partial charge in [0.1, 0.15) is 13.2 Å². The molecule has 0 aromatic heterocycles. The molecule has 0 aromatic carbocycles. The first-order chi connectivity index (χ1) is 32.0. The van der Waals surface area contributed by atoms with Crippen LogP contribution in [0.4, 0.5) is 0 Å². The highest BCUT2D eigenvalue weighted by Crippen LogP contribution is 2.38. The number of hydrogen-bond donors (Lipinski definition) is 2. The van der Waals surface area contributed by atoms with Crippen LogP contribution in [0.5, 0.6) is 0 Å². The second-order valence-electron chi connectivity index (χ2n) is 21.0. The van der Waals surface area contributed by atoms with E-state index in [9.17, 15) is 19.4 Å². The van der Waals surface area contributed by atoms with Gasteiger partial charge in [0.25, 0.3) is 7.82 Å². The standard InChI is InChI=1S/C57H113N2O6P/c1-6-8-10-12-14-16-18-20-22-24-25-26-27-28-29-30-31-32-33-35-37-39-41-43-45-47-49-51-57(61)58-55(54-65-66(62,63)64-53-52-59(3,4)5)56(60)50-48-46-44-42-40-38-36-34-23-21-19-17-15-13-11-9-7-2/h28-29,48,50,55-56,60H,6-27,30-47,49,51-54H2,1-5H3,(H-,58,61,62,63)/b29-28-,50-48+. The van der Waals surface area contributed by atoms with E-state index < -0.39 is 20.0 Å². The van der Waals surface area contributed by atoms with Gasteiger partial charge in [0.15, 0.2) is 0 Å². The van der Waals surface area contributed by atoms with Gasteiger partial charge in [-0.3, -0.25) is 9.36 Å². The van der Waals surface area contributed by atoms with Crippen LogP contribution >= 0.6 is 7.82 Å². The normalized spacial score (nSPS) is 14.1. The Bertz CT molecular complexity index is 1130. The minimum atomic E-state index is -4.59. The molecule has 0 aliphatic heterocycles. The van der Waals surface area contributed by atoms with Gasteiger partial charge in [-0.1, -0.05) is 256 Å². The maximum atomic E-state index is 13.0. The first-order valence-corrected chi connectivity index (χ1v) is 30.2. The van der Waals surface area contributed by atoms with Crippen molar-refractivity contribution in [2.45, 2.75) is 296 Å². The Hall–Kier alpha value is -1.02. The summed E-state index contributed by atoms with van der Waals surface area (Å²) in [5.41, 5.74) is 0. The highest BCUT2D eigenvalue weighted by molar-refractivity contribution is 7.45. The van der Waals surface area contributed by atoms with Crippen LogP contribution in [-0.2, 0) is 18.4 Å². The first-order valence-electron chi connectivity index (χ1n) is 28.7. The maximum absolute atomic E-state index is 13.0. The molecule has 0 aromatic rings. The van der Waals surface area contributed by atoms with Crippen LogP contribution in [0, 0.1) is 0 Å². The molecule has 1 amide bonds. The van der Waals surface area contributed by atoms with Crippen LogP contribution < -0.4 is 10.2 Å². The molecule has 0 aliphatic rings. The lowest BCUT2D eigenvalue weighted by atomic mass is 10.0. The molecule has 2 N–H and O–H groups in total. The molecule has 3 unspecified atom stereocenters. The fourth-order valence-electron chi connectivity index (χ4n) is 8.62. The molecule has 0 aliphatic carbocycles. The average molecular weight is 954 g/mol. The number of carbonyl (C=O) groups is 1. The number of allylic oxidation sites excluding steroid dienone is 3. The van der Waals surface area contributed by atoms with E-state index in [0.717, 1.165) is 38.5 Å². The minimum absolute atomic E-state index is 0.000647. The highest BCUT2D eigenvalue weighted by atomic mass is 31.2. The summed E-state index contributed by atoms with van der Waals surface area (Å²) in [6.45, 7) is 4.69. The SMILES string of the molecule is CCCCCCCCCCCCCC/C=C\CCCCCCCCCCCCCC(=O)NC(COP(=O)([O-])OCC[N+](C)(C)C)C(O)/C=C/CCCCCCCCCCCCCCCCC. The van der Waals surface area contributed by atoms with Crippen LogP contribution in [0.2, 0.25) is 0 Å². The number of aliphatic hydroxyl groups is 1. The van der Waals surface area contributed by atoms with Crippen molar-refractivity contribution in [1.82, 2.24) is 5.32 Å². The fourth-order valence-corrected chi connectivity index (χ4v) is 9.34. The summed E-state index contributed by atoms with van der Waals surface area (Å²) < 4.78 is 23.3. The summed E-state index contributed by atoms with van der Waals surface area (Å²) in [5, 5.41) is 13.9. The topological polar surface area (TPSA) is 108 Å². The second kappa shape index (κ2) is 49.0. The van der Waals surface area contributed by atoms with E-state index in [-0.39, 0.29) is 19.1 Å². The number of phosphoric acid groups is 1. The molecule has 0 rings (SSSR count). The van der Waals surface area contributed by atoms with E-state index in [0.29, 0.717) is 17.4 Å². The van der Waals surface area contributed by atoms with Crippen LogP contribution in [-0.4, -0.2) is 68.5 Å². The predicted octanol–water partition coefficient (Wildman–Crippen LogP) is 16.6. The molecule has 8 nitrogen and oxygen atoms in total. The van der Waals surface area contributed by atoms with Crippen molar-refractivity contribution >= 4 is 13.7 Å². The summed E-state index contributed by atoms with van der Waals surface area (Å²) in [5.74, 6) is -0.194. The van der Waals surface area contributed by atoms with Crippen molar-refractivity contribution in [3.8, 4) is 0 Å². The summed E-state index contributed by atoms with van der Waals surface area (Å²) in [6, 6.07) is -0.885. The summed E-state index contributed by atoms with van der Waals surface area (Å²) in [6.07, 6.45) is 61.1. The Morgan fingerprint density at radius 2 is 0.833 bits per heavy atom. The molecule has 0 fully saturated rings. The molecule has 0 saturated heterocycles. The average Bonchev–Trinajstić information content (AvgIpc) is 3.28. The lowest BCUT2D eigenvalue weighted by Gasteiger charge is -2.29. The molecule has 392 valence electrons. The van der Waals surface area contributed by atoms with E-state index >= 15 is 0 Å². The number of hydrogen-bond acceptors (Lipinski definition) is 6. The second-order valence-corrected chi connectivity index (χ2v) is 22.4. The molecular weight excluding hydrogens is 840 g/mol. The van der Waals surface area contributed by atoms with Crippen LogP contribution in [0.3, 0.4) is 0 Å². The predicted molar refractivity (Wildman–Crippen MR) is 284 cm³/mol. The molecule has 9 heteroatoms. The van der Waals surface area contributed by atoms with Gasteiger partial charge < -0.3 is 28.8 Å². The molecular formula is C57H113N2O6P. The minimum Gasteiger partial charge on any atom is -0.756 e. The Balaban J connectivity index is 4.15. The molecule has 0 bridgehead atoms. The Labute approximate surface area is 411 Å². The van der Waals surface area contributed by atoms with Crippen molar-refractivity contribution in [3.05, 3.63) is 24.3 Å². The van der Waals surface area contributed by atoms with Gasteiger partial charge >= 0.3 is 0 Å². The van der Waals surface area contributed by atoms with E-state index in [1.807, 2.05) is 27.2 Å². The van der Waals surface area contributed by atoms with Gasteiger partial charge in [-0.2, -0.15) is 0 Å². The largest absolute Gasteiger partial charge is 0.756 e. The van der Waals surface area contributed by atoms with E-state index in [1.54, 1.807) is 6.08 Å². The number of quaternary nitrogens is 1. The van der Waals surface area contributed by atoms with Crippen LogP contribution in [0.25, 0.3) is 0 Å². The molecule has 0 spiro atoms. The number of amides is 1. The van der Waals surface area contributed by atoms with Crippen LogP contribution in [0.1, 0.15) is 284 Å². The molecule has 0 heterocycles. The lowest BCUT2D eigenvalue weighted by molar-refractivity contribution is -0.870. The van der Waals surface area contributed by atoms with Gasteiger partial charge in [0.2, 0.25) is 5.91 Å². The lowest BCUT2D eigenvalue weighted by Crippen LogP contribution is -2.45. The molecule has 66 heavy (non-hydrogen) atoms. The zero-order valence-electron chi connectivity index (χ0n) is 44.7. The number of carbonyl (C=O) groups excluding carboxylic acids is 1. The maximum Gasteiger partial charge on any atom is 0.268 e. The molecule has 0 saturated carbocycles. The van der Waals surface area contributed by atoms with E-state index in [4.69, 9.17) is 9.05 Å². The number of nitrogens with one attached hydrogen (secondary N) is 1. The van der Waals surface area contributed by atoms with Crippen molar-refractivity contribution in [2.24, 2.45) is 0 Å². The van der Waals surface area contributed by atoms with Gasteiger partial charge in [-0.05, 0) is 44.9 Å².